The Kier molecular flexibility index (Phi) is 6.49. The van der Waals surface area contributed by atoms with Crippen LogP contribution in [0.4, 0.5) is 5.69 Å². The number of nitrogens with one attached hydrogen (secondary N) is 1. The fourth-order valence-electron chi connectivity index (χ4n) is 3.49. The van der Waals surface area contributed by atoms with Gasteiger partial charge < -0.3 is 5.32 Å². The largest absolute Gasteiger partial charge is 0.325 e. The minimum absolute atomic E-state index is 0.0187. The quantitative estimate of drug-likeness (QED) is 0.635. The Bertz CT molecular complexity index is 1030. The topological polar surface area (TPSA) is 103 Å². The van der Waals surface area contributed by atoms with Crippen LogP contribution < -0.4 is 10.4 Å². The first-order valence-corrected chi connectivity index (χ1v) is 11.4. The minimum atomic E-state index is -3.93. The van der Waals surface area contributed by atoms with Crippen molar-refractivity contribution in [2.24, 2.45) is 7.05 Å². The molecule has 0 saturated heterocycles. The summed E-state index contributed by atoms with van der Waals surface area (Å²) in [7, 11) is -2.20. The van der Waals surface area contributed by atoms with E-state index in [1.807, 2.05) is 13.8 Å². The second-order valence-electron chi connectivity index (χ2n) is 7.31. The van der Waals surface area contributed by atoms with E-state index >= 15 is 0 Å². The highest BCUT2D eigenvalue weighted by Gasteiger charge is 2.38. The normalized spacial score (nSPS) is 16.7. The molecule has 1 N–H and O–H groups in total. The van der Waals surface area contributed by atoms with Crippen LogP contribution in [0.2, 0.25) is 0 Å². The molecule has 1 aromatic heterocycles. The number of rotatable bonds is 8. The van der Waals surface area contributed by atoms with Crippen molar-refractivity contribution in [3.63, 3.8) is 0 Å². The van der Waals surface area contributed by atoms with Crippen LogP contribution >= 0.6 is 0 Å². The molecule has 0 saturated carbocycles. The summed E-state index contributed by atoms with van der Waals surface area (Å²) in [5.74, 6) is -0.296. The number of aryl methyl sites for hydroxylation is 2. The lowest BCUT2D eigenvalue weighted by Crippen LogP contribution is -2.47. The molecule has 1 aliphatic heterocycles. The van der Waals surface area contributed by atoms with E-state index in [0.717, 1.165) is 12.1 Å². The van der Waals surface area contributed by atoms with E-state index in [0.29, 0.717) is 30.0 Å². The number of carbonyl (C=O) groups is 1. The average Bonchev–Trinajstić information content (AvgIpc) is 3.00. The Balaban J connectivity index is 2.09. The fraction of sp³-hybridized carbons (Fsp3) is 0.500. The van der Waals surface area contributed by atoms with E-state index in [4.69, 9.17) is 9.02 Å². The van der Waals surface area contributed by atoms with Crippen LogP contribution in [0, 0.1) is 0 Å². The standard InChI is InChI=1S/C20H28N4O5S/c1-6-9-16-17-18(23(5)22-16)20(25)21-19(24(17)28-7-2)14-10-8-11-15(12-14)30(26,27)29-13(3)4/h8,10-13,19H,6-7,9H2,1-5H3,(H,21,25). The van der Waals surface area contributed by atoms with Crippen molar-refractivity contribution in [1.29, 1.82) is 0 Å². The first-order valence-electron chi connectivity index (χ1n) is 10.0. The van der Waals surface area contributed by atoms with E-state index in [9.17, 15) is 13.2 Å². The number of benzene rings is 1. The van der Waals surface area contributed by atoms with Gasteiger partial charge in [0.1, 0.15) is 5.69 Å². The van der Waals surface area contributed by atoms with Gasteiger partial charge in [-0.15, -0.1) is 0 Å². The van der Waals surface area contributed by atoms with Gasteiger partial charge in [0.05, 0.1) is 23.3 Å². The van der Waals surface area contributed by atoms with Crippen LogP contribution in [0.1, 0.15) is 62.0 Å². The molecule has 1 aliphatic rings. The molecule has 10 heteroatoms. The molecule has 2 heterocycles. The number of carbonyl (C=O) groups excluding carboxylic acids is 1. The Morgan fingerprint density at radius 2 is 2.00 bits per heavy atom. The van der Waals surface area contributed by atoms with Gasteiger partial charge in [0, 0.05) is 7.05 Å². The molecule has 0 aliphatic carbocycles. The zero-order valence-corrected chi connectivity index (χ0v) is 18.7. The molecule has 1 aromatic carbocycles. The molecule has 164 valence electrons. The van der Waals surface area contributed by atoms with Gasteiger partial charge in [-0.1, -0.05) is 25.5 Å². The molecule has 0 bridgehead atoms. The fourth-order valence-corrected chi connectivity index (χ4v) is 4.63. The lowest BCUT2D eigenvalue weighted by atomic mass is 10.1. The van der Waals surface area contributed by atoms with Crippen molar-refractivity contribution in [2.75, 3.05) is 11.7 Å². The summed E-state index contributed by atoms with van der Waals surface area (Å²) in [4.78, 5) is 18.8. The van der Waals surface area contributed by atoms with Crippen LogP contribution in [0.5, 0.6) is 0 Å². The smallest absolute Gasteiger partial charge is 0.297 e. The number of nitrogens with zero attached hydrogens (tertiary/aromatic N) is 3. The first kappa shape index (κ1) is 22.3. The number of amides is 1. The maximum Gasteiger partial charge on any atom is 0.297 e. The van der Waals surface area contributed by atoms with Gasteiger partial charge >= 0.3 is 0 Å². The van der Waals surface area contributed by atoms with Gasteiger partial charge in [0.25, 0.3) is 16.0 Å². The molecular weight excluding hydrogens is 408 g/mol. The third-order valence-corrected chi connectivity index (χ3v) is 6.04. The molecule has 1 amide bonds. The van der Waals surface area contributed by atoms with Gasteiger partial charge in [0.2, 0.25) is 0 Å². The van der Waals surface area contributed by atoms with Gasteiger partial charge in [-0.25, -0.2) is 5.06 Å². The Hall–Kier alpha value is -2.43. The van der Waals surface area contributed by atoms with E-state index in [2.05, 4.69) is 10.4 Å². The molecule has 0 spiro atoms. The van der Waals surface area contributed by atoms with Crippen LogP contribution in [0.3, 0.4) is 0 Å². The average molecular weight is 437 g/mol. The molecule has 0 radical (unpaired) electrons. The lowest BCUT2D eigenvalue weighted by Gasteiger charge is -2.36. The van der Waals surface area contributed by atoms with Gasteiger partial charge in [-0.3, -0.25) is 18.5 Å². The van der Waals surface area contributed by atoms with Crippen LogP contribution in [0.25, 0.3) is 0 Å². The number of aromatic nitrogens is 2. The second kappa shape index (κ2) is 8.75. The summed E-state index contributed by atoms with van der Waals surface area (Å²) < 4.78 is 31.7. The zero-order chi connectivity index (χ0) is 22.1. The molecule has 1 atom stereocenters. The van der Waals surface area contributed by atoms with Crippen LogP contribution in [-0.2, 0) is 32.6 Å². The molecule has 1 unspecified atom stereocenters. The van der Waals surface area contributed by atoms with E-state index < -0.39 is 22.4 Å². The number of hydrogen-bond donors (Lipinski definition) is 1. The van der Waals surface area contributed by atoms with Gasteiger partial charge in [0.15, 0.2) is 11.9 Å². The second-order valence-corrected chi connectivity index (χ2v) is 8.88. The Morgan fingerprint density at radius 3 is 2.63 bits per heavy atom. The molecule has 0 fully saturated rings. The van der Waals surface area contributed by atoms with E-state index in [-0.39, 0.29) is 10.8 Å². The third-order valence-electron chi connectivity index (χ3n) is 4.57. The Labute approximate surface area is 177 Å². The zero-order valence-electron chi connectivity index (χ0n) is 17.9. The number of anilines is 1. The summed E-state index contributed by atoms with van der Waals surface area (Å²) >= 11 is 0. The van der Waals surface area contributed by atoms with Crippen molar-refractivity contribution in [3.05, 3.63) is 41.2 Å². The summed E-state index contributed by atoms with van der Waals surface area (Å²) in [5.41, 5.74) is 2.34. The van der Waals surface area contributed by atoms with Crippen molar-refractivity contribution >= 4 is 21.7 Å². The highest BCUT2D eigenvalue weighted by molar-refractivity contribution is 7.86. The molecule has 9 nitrogen and oxygen atoms in total. The van der Waals surface area contributed by atoms with Crippen molar-refractivity contribution < 1.29 is 22.2 Å². The first-order chi connectivity index (χ1) is 14.2. The molecule has 2 aromatic rings. The predicted octanol–water partition coefficient (Wildman–Crippen LogP) is 2.69. The Morgan fingerprint density at radius 1 is 1.27 bits per heavy atom. The molecular formula is C20H28N4O5S. The van der Waals surface area contributed by atoms with Crippen molar-refractivity contribution in [2.45, 2.75) is 57.7 Å². The van der Waals surface area contributed by atoms with Crippen molar-refractivity contribution in [1.82, 2.24) is 15.1 Å². The molecule has 30 heavy (non-hydrogen) atoms. The number of hydroxylamine groups is 1. The maximum atomic E-state index is 12.9. The number of fused-ring (bicyclic) bond motifs is 1. The summed E-state index contributed by atoms with van der Waals surface area (Å²) in [6, 6.07) is 6.32. The highest BCUT2D eigenvalue weighted by Crippen LogP contribution is 2.37. The minimum Gasteiger partial charge on any atom is -0.325 e. The molecule has 3 rings (SSSR count). The predicted molar refractivity (Wildman–Crippen MR) is 111 cm³/mol. The van der Waals surface area contributed by atoms with E-state index in [1.165, 1.54) is 12.1 Å². The van der Waals surface area contributed by atoms with Crippen molar-refractivity contribution in [3.8, 4) is 0 Å². The third kappa shape index (κ3) is 4.21. The number of hydrogen-bond acceptors (Lipinski definition) is 7. The maximum absolute atomic E-state index is 12.9. The van der Waals surface area contributed by atoms with Gasteiger partial charge in [-0.05, 0) is 44.9 Å². The monoisotopic (exact) mass is 436 g/mol. The van der Waals surface area contributed by atoms with E-state index in [1.54, 1.807) is 42.8 Å². The summed E-state index contributed by atoms with van der Waals surface area (Å²) in [6.45, 7) is 7.55. The highest BCUT2D eigenvalue weighted by atomic mass is 32.2. The summed E-state index contributed by atoms with van der Waals surface area (Å²) in [6.07, 6.45) is 0.348. The SMILES string of the molecule is CCCc1nn(C)c2c1N(OCC)C(c1cccc(S(=O)(=O)OC(C)C)c1)NC2=O. The lowest BCUT2D eigenvalue weighted by molar-refractivity contribution is 0.0663. The van der Waals surface area contributed by atoms with Crippen LogP contribution in [-0.4, -0.2) is 36.8 Å². The van der Waals surface area contributed by atoms with Gasteiger partial charge in [-0.2, -0.15) is 13.5 Å². The van der Waals surface area contributed by atoms with Crippen LogP contribution in [0.15, 0.2) is 29.2 Å². The summed E-state index contributed by atoms with van der Waals surface area (Å²) in [5, 5.41) is 9.02.